The Bertz CT molecular complexity index is 355. The largest absolute Gasteiger partial charge is 0.495 e. The molecular weight excluding hydrogens is 218 g/mol. The number of hydrogen-bond donors (Lipinski definition) is 2. The Balaban J connectivity index is 2.58. The highest BCUT2D eigenvalue weighted by Crippen LogP contribution is 2.27. The minimum Gasteiger partial charge on any atom is -0.495 e. The molecule has 0 aliphatic heterocycles. The summed E-state index contributed by atoms with van der Waals surface area (Å²) >= 11 is 5.83. The van der Waals surface area contributed by atoms with E-state index in [1.54, 1.807) is 18.2 Å². The number of carbonyl (C=O) groups is 1. The Kier molecular flexibility index (Phi) is 4.24. The molecule has 0 saturated heterocycles. The van der Waals surface area contributed by atoms with E-state index in [0.29, 0.717) is 17.3 Å². The van der Waals surface area contributed by atoms with Crippen molar-refractivity contribution in [1.82, 2.24) is 0 Å². The van der Waals surface area contributed by atoms with Crippen LogP contribution in [0.3, 0.4) is 0 Å². The molecule has 1 rings (SSSR count). The number of nitrogens with one attached hydrogen (secondary N) is 1. The molecule has 0 amide bonds. The summed E-state index contributed by atoms with van der Waals surface area (Å²) in [6.07, 6.45) is 0.0743. The van der Waals surface area contributed by atoms with Crippen LogP contribution in [0.2, 0.25) is 5.02 Å². The van der Waals surface area contributed by atoms with Gasteiger partial charge in [-0.2, -0.15) is 0 Å². The van der Waals surface area contributed by atoms with Gasteiger partial charge >= 0.3 is 5.97 Å². The van der Waals surface area contributed by atoms with Gasteiger partial charge in [-0.25, -0.2) is 0 Å². The Morgan fingerprint density at radius 2 is 2.33 bits per heavy atom. The van der Waals surface area contributed by atoms with E-state index in [-0.39, 0.29) is 6.42 Å². The number of methoxy groups -OCH3 is 1. The molecular formula is C10H12ClNO3. The van der Waals surface area contributed by atoms with Crippen molar-refractivity contribution in [1.29, 1.82) is 0 Å². The molecule has 0 heterocycles. The maximum absolute atomic E-state index is 10.3. The molecule has 4 nitrogen and oxygen atoms in total. The van der Waals surface area contributed by atoms with Crippen molar-refractivity contribution in [3.05, 3.63) is 23.2 Å². The second kappa shape index (κ2) is 5.46. The third kappa shape index (κ3) is 3.67. The van der Waals surface area contributed by atoms with Gasteiger partial charge in [0.25, 0.3) is 0 Å². The standard InChI is InChI=1S/C10H12ClNO3/c1-15-9-6-7(2-3-8(9)11)12-5-4-10(13)14/h2-3,6,12H,4-5H2,1H3,(H,13,14). The molecule has 0 spiro atoms. The van der Waals surface area contributed by atoms with Crippen molar-refractivity contribution in [2.45, 2.75) is 6.42 Å². The normalized spacial score (nSPS) is 9.73. The summed E-state index contributed by atoms with van der Waals surface area (Å²) in [6.45, 7) is 0.375. The van der Waals surface area contributed by atoms with Crippen LogP contribution >= 0.6 is 11.6 Å². The van der Waals surface area contributed by atoms with Gasteiger partial charge in [0.15, 0.2) is 0 Å². The number of benzene rings is 1. The molecule has 0 bridgehead atoms. The molecule has 0 atom stereocenters. The van der Waals surface area contributed by atoms with Gasteiger partial charge in [-0.3, -0.25) is 4.79 Å². The van der Waals surface area contributed by atoms with E-state index in [1.807, 2.05) is 0 Å². The van der Waals surface area contributed by atoms with E-state index < -0.39 is 5.97 Å². The van der Waals surface area contributed by atoms with Gasteiger partial charge < -0.3 is 15.2 Å². The van der Waals surface area contributed by atoms with Gasteiger partial charge in [-0.1, -0.05) is 11.6 Å². The molecule has 0 saturated carbocycles. The van der Waals surface area contributed by atoms with Crippen LogP contribution in [0.15, 0.2) is 18.2 Å². The molecule has 5 heteroatoms. The van der Waals surface area contributed by atoms with Crippen molar-refractivity contribution >= 4 is 23.3 Å². The zero-order valence-corrected chi connectivity index (χ0v) is 9.04. The molecule has 1 aromatic carbocycles. The van der Waals surface area contributed by atoms with Gasteiger partial charge in [0.2, 0.25) is 0 Å². The number of carboxylic acid groups (broad SMARTS) is 1. The molecule has 1 aromatic rings. The zero-order chi connectivity index (χ0) is 11.3. The van der Waals surface area contributed by atoms with E-state index in [1.165, 1.54) is 7.11 Å². The van der Waals surface area contributed by atoms with Crippen molar-refractivity contribution in [3.63, 3.8) is 0 Å². The molecule has 0 aliphatic rings. The molecule has 2 N–H and O–H groups in total. The number of aliphatic carboxylic acids is 1. The maximum atomic E-state index is 10.3. The zero-order valence-electron chi connectivity index (χ0n) is 8.29. The number of ether oxygens (including phenoxy) is 1. The highest BCUT2D eigenvalue weighted by molar-refractivity contribution is 6.32. The molecule has 0 unspecified atom stereocenters. The quantitative estimate of drug-likeness (QED) is 0.813. The van der Waals surface area contributed by atoms with E-state index in [4.69, 9.17) is 21.4 Å². The van der Waals surface area contributed by atoms with E-state index >= 15 is 0 Å². The fourth-order valence-corrected chi connectivity index (χ4v) is 1.28. The van der Waals surface area contributed by atoms with Crippen molar-refractivity contribution in [2.24, 2.45) is 0 Å². The number of halogens is 1. The molecule has 0 radical (unpaired) electrons. The Hall–Kier alpha value is -1.42. The summed E-state index contributed by atoms with van der Waals surface area (Å²) in [5, 5.41) is 11.9. The van der Waals surface area contributed by atoms with Crippen molar-refractivity contribution < 1.29 is 14.6 Å². The van der Waals surface area contributed by atoms with Crippen LogP contribution in [0.25, 0.3) is 0 Å². The van der Waals surface area contributed by atoms with Crippen LogP contribution in [-0.4, -0.2) is 24.7 Å². The predicted octanol–water partition coefficient (Wildman–Crippen LogP) is 2.24. The smallest absolute Gasteiger partial charge is 0.305 e. The second-order valence-corrected chi connectivity index (χ2v) is 3.33. The number of rotatable bonds is 5. The average Bonchev–Trinajstić information content (AvgIpc) is 2.20. The molecule has 0 fully saturated rings. The van der Waals surface area contributed by atoms with Gasteiger partial charge in [-0.15, -0.1) is 0 Å². The molecule has 0 aromatic heterocycles. The monoisotopic (exact) mass is 229 g/mol. The summed E-state index contributed by atoms with van der Waals surface area (Å²) in [5.41, 5.74) is 0.789. The highest BCUT2D eigenvalue weighted by atomic mass is 35.5. The van der Waals surface area contributed by atoms with Gasteiger partial charge in [0.1, 0.15) is 5.75 Å². The summed E-state index contributed by atoms with van der Waals surface area (Å²) in [5.74, 6) is -0.263. The maximum Gasteiger partial charge on any atom is 0.305 e. The summed E-state index contributed by atoms with van der Waals surface area (Å²) in [6, 6.07) is 5.19. The summed E-state index contributed by atoms with van der Waals surface area (Å²) < 4.78 is 5.02. The van der Waals surface area contributed by atoms with Crippen LogP contribution < -0.4 is 10.1 Å². The average molecular weight is 230 g/mol. The van der Waals surface area contributed by atoms with Crippen molar-refractivity contribution in [3.8, 4) is 5.75 Å². The molecule has 0 aliphatic carbocycles. The topological polar surface area (TPSA) is 58.6 Å². The third-order valence-electron chi connectivity index (χ3n) is 1.82. The fraction of sp³-hybridized carbons (Fsp3) is 0.300. The predicted molar refractivity (Wildman–Crippen MR) is 58.7 cm³/mol. The Morgan fingerprint density at radius 1 is 1.60 bits per heavy atom. The minimum atomic E-state index is -0.830. The minimum absolute atomic E-state index is 0.0743. The Morgan fingerprint density at radius 3 is 2.93 bits per heavy atom. The van der Waals surface area contributed by atoms with Crippen LogP contribution in [0, 0.1) is 0 Å². The highest BCUT2D eigenvalue weighted by Gasteiger charge is 2.02. The van der Waals surface area contributed by atoms with Gasteiger partial charge in [0, 0.05) is 18.3 Å². The number of anilines is 1. The molecule has 15 heavy (non-hydrogen) atoms. The second-order valence-electron chi connectivity index (χ2n) is 2.92. The Labute approximate surface area is 92.8 Å². The third-order valence-corrected chi connectivity index (χ3v) is 2.13. The SMILES string of the molecule is COc1cc(NCCC(=O)O)ccc1Cl. The fourth-order valence-electron chi connectivity index (χ4n) is 1.08. The summed E-state index contributed by atoms with van der Waals surface area (Å²) in [7, 11) is 1.53. The first-order valence-electron chi connectivity index (χ1n) is 4.42. The van der Waals surface area contributed by atoms with E-state index in [0.717, 1.165) is 5.69 Å². The first-order valence-corrected chi connectivity index (χ1v) is 4.80. The first kappa shape index (κ1) is 11.7. The van der Waals surface area contributed by atoms with Crippen LogP contribution in [0.5, 0.6) is 5.75 Å². The first-order chi connectivity index (χ1) is 7.13. The van der Waals surface area contributed by atoms with E-state index in [9.17, 15) is 4.79 Å². The number of hydrogen-bond acceptors (Lipinski definition) is 3. The van der Waals surface area contributed by atoms with Gasteiger partial charge in [-0.05, 0) is 12.1 Å². The van der Waals surface area contributed by atoms with Crippen LogP contribution in [0.4, 0.5) is 5.69 Å². The lowest BCUT2D eigenvalue weighted by molar-refractivity contribution is -0.136. The summed E-state index contributed by atoms with van der Waals surface area (Å²) in [4.78, 5) is 10.3. The van der Waals surface area contributed by atoms with Gasteiger partial charge in [0.05, 0.1) is 18.6 Å². The van der Waals surface area contributed by atoms with E-state index in [2.05, 4.69) is 5.32 Å². The van der Waals surface area contributed by atoms with Crippen molar-refractivity contribution in [2.75, 3.05) is 19.0 Å². The lowest BCUT2D eigenvalue weighted by Crippen LogP contribution is -2.07. The van der Waals surface area contributed by atoms with Crippen LogP contribution in [-0.2, 0) is 4.79 Å². The lowest BCUT2D eigenvalue weighted by atomic mass is 10.3. The van der Waals surface area contributed by atoms with Crippen LogP contribution in [0.1, 0.15) is 6.42 Å². The molecule has 82 valence electrons. The number of carboxylic acids is 1. The lowest BCUT2D eigenvalue weighted by Gasteiger charge is -2.08.